The van der Waals surface area contributed by atoms with Crippen LogP contribution in [-0.4, -0.2) is 68.9 Å². The molecule has 236 valence electrons. The van der Waals surface area contributed by atoms with Gasteiger partial charge in [0.15, 0.2) is 0 Å². The number of hydrogen-bond donors (Lipinski definition) is 2. The van der Waals surface area contributed by atoms with Crippen molar-refractivity contribution in [3.8, 4) is 28.3 Å². The number of hydrogen-bond acceptors (Lipinski definition) is 12. The summed E-state index contributed by atoms with van der Waals surface area (Å²) in [6, 6.07) is 7.67. The molecule has 1 aliphatic heterocycles. The number of fused-ring (bicyclic) bond motifs is 1. The molecule has 5 aromatic rings. The van der Waals surface area contributed by atoms with E-state index in [1.54, 1.807) is 29.7 Å². The van der Waals surface area contributed by atoms with Crippen molar-refractivity contribution in [1.82, 2.24) is 30.0 Å². The van der Waals surface area contributed by atoms with E-state index >= 15 is 4.39 Å². The van der Waals surface area contributed by atoms with E-state index in [2.05, 4.69) is 35.8 Å². The number of nitrogens with one attached hydrogen (secondary N) is 2. The minimum atomic E-state index is -0.824. The van der Waals surface area contributed by atoms with E-state index in [0.29, 0.717) is 82.8 Å². The van der Waals surface area contributed by atoms with Crippen molar-refractivity contribution in [1.29, 1.82) is 0 Å². The average molecular weight is 647 g/mol. The highest BCUT2D eigenvalue weighted by Crippen LogP contribution is 2.40. The zero-order chi connectivity index (χ0) is 31.6. The lowest BCUT2D eigenvalue weighted by Crippen LogP contribution is -2.21. The Morgan fingerprint density at radius 1 is 1.17 bits per heavy atom. The number of amides is 1. The molecule has 3 aromatic heterocycles. The minimum Gasteiger partial charge on any atom is -0.494 e. The quantitative estimate of drug-likeness (QED) is 0.158. The number of aromatic nitrogens is 5. The third-order valence-electron chi connectivity index (χ3n) is 7.53. The second-order valence-corrected chi connectivity index (χ2v) is 11.7. The molecule has 0 unspecified atom stereocenters. The lowest BCUT2D eigenvalue weighted by Gasteiger charge is -2.14. The molecule has 2 fully saturated rings. The van der Waals surface area contributed by atoms with Crippen molar-refractivity contribution in [3.05, 3.63) is 65.9 Å². The molecule has 7 rings (SSSR count). The summed E-state index contributed by atoms with van der Waals surface area (Å²) in [4.78, 5) is 27.6. The van der Waals surface area contributed by atoms with E-state index in [-0.39, 0.29) is 17.3 Å². The van der Waals surface area contributed by atoms with Gasteiger partial charge in [-0.25, -0.2) is 18.7 Å². The zero-order valence-electron chi connectivity index (χ0n) is 24.6. The number of methoxy groups -OCH3 is 1. The summed E-state index contributed by atoms with van der Waals surface area (Å²) in [6.07, 6.45) is 6.22. The number of carbonyl (C=O) groups excluding carboxylic acids is 1. The highest BCUT2D eigenvalue weighted by molar-refractivity contribution is 7.11. The molecule has 12 nitrogen and oxygen atoms in total. The molecule has 0 radical (unpaired) electrons. The number of thiazole rings is 1. The molecule has 46 heavy (non-hydrogen) atoms. The van der Waals surface area contributed by atoms with E-state index < -0.39 is 12.0 Å². The second-order valence-electron chi connectivity index (χ2n) is 10.9. The number of anilines is 3. The van der Waals surface area contributed by atoms with Crippen LogP contribution < -0.4 is 20.1 Å². The third-order valence-corrected chi connectivity index (χ3v) is 8.25. The van der Waals surface area contributed by atoms with Gasteiger partial charge >= 0.3 is 0 Å². The van der Waals surface area contributed by atoms with Gasteiger partial charge in [-0.3, -0.25) is 9.69 Å². The van der Waals surface area contributed by atoms with Crippen molar-refractivity contribution in [2.75, 3.05) is 37.4 Å². The molecule has 15 heteroatoms. The van der Waals surface area contributed by atoms with Gasteiger partial charge in [-0.1, -0.05) is 17.4 Å². The fourth-order valence-corrected chi connectivity index (χ4v) is 5.67. The van der Waals surface area contributed by atoms with Gasteiger partial charge < -0.3 is 24.5 Å². The fraction of sp³-hybridized carbons (Fsp3) is 0.290. The van der Waals surface area contributed by atoms with Gasteiger partial charge in [0.05, 0.1) is 24.0 Å². The van der Waals surface area contributed by atoms with Crippen LogP contribution in [0.15, 0.2) is 58.6 Å². The maximum Gasteiger partial charge on any atom is 0.279 e. The number of halogens is 2. The Hall–Kier alpha value is -5.02. The zero-order valence-corrected chi connectivity index (χ0v) is 25.4. The van der Waals surface area contributed by atoms with Crippen LogP contribution in [0.2, 0.25) is 0 Å². The van der Waals surface area contributed by atoms with Crippen molar-refractivity contribution in [2.45, 2.75) is 31.4 Å². The number of likely N-dealkylation sites (tertiary alicyclic amines) is 1. The second kappa shape index (κ2) is 12.8. The Kier molecular flexibility index (Phi) is 8.24. The summed E-state index contributed by atoms with van der Waals surface area (Å²) < 4.78 is 45.6. The van der Waals surface area contributed by atoms with Crippen LogP contribution in [-0.2, 0) is 4.79 Å². The van der Waals surface area contributed by atoms with Crippen LogP contribution in [0.4, 0.5) is 26.0 Å². The Morgan fingerprint density at radius 3 is 2.85 bits per heavy atom. The first-order valence-corrected chi connectivity index (χ1v) is 15.5. The number of benzene rings is 2. The molecule has 1 saturated carbocycles. The Balaban J connectivity index is 1.04. The van der Waals surface area contributed by atoms with Crippen LogP contribution >= 0.6 is 11.3 Å². The first kappa shape index (κ1) is 29.7. The van der Waals surface area contributed by atoms with Crippen LogP contribution in [0.5, 0.6) is 16.7 Å². The predicted octanol–water partition coefficient (Wildman–Crippen LogP) is 6.24. The summed E-state index contributed by atoms with van der Waals surface area (Å²) in [5, 5.41) is 16.5. The number of carbonyl (C=O) groups is 1. The molecule has 2 N–H and O–H groups in total. The Morgan fingerprint density at radius 2 is 2.07 bits per heavy atom. The van der Waals surface area contributed by atoms with E-state index in [1.807, 2.05) is 4.90 Å². The molecule has 1 atom stereocenters. The summed E-state index contributed by atoms with van der Waals surface area (Å²) >= 11 is 1.23. The predicted molar refractivity (Wildman–Crippen MR) is 167 cm³/mol. The standard InChI is InChI=1S/C31H28F2N8O4S/c1-43-26-13-23-20(12-24(26)36-27(42)3-2-9-41-10-8-18(32)14-41)28(35-16-34-23)37-22-7-6-19(11-21(22)33)44-31-38-25(15-46-31)30-40-39-29(45-30)17-4-5-17/h2-3,6-7,11-13,15-18H,4-5,8-10,14H2,1H3,(H,36,42)(H,34,35,37)/b3-2+/t18-/m1/s1. The van der Waals surface area contributed by atoms with Gasteiger partial charge in [-0.2, -0.15) is 4.98 Å². The lowest BCUT2D eigenvalue weighted by molar-refractivity contribution is -0.111. The van der Waals surface area contributed by atoms with Gasteiger partial charge in [-0.15, -0.1) is 10.2 Å². The van der Waals surface area contributed by atoms with E-state index in [9.17, 15) is 9.18 Å². The van der Waals surface area contributed by atoms with Crippen molar-refractivity contribution < 1.29 is 27.5 Å². The fourth-order valence-electron chi connectivity index (χ4n) is 5.01. The van der Waals surface area contributed by atoms with Crippen LogP contribution in [0, 0.1) is 5.82 Å². The molecule has 1 saturated heterocycles. The number of nitrogens with zero attached hydrogens (tertiary/aromatic N) is 6. The van der Waals surface area contributed by atoms with Gasteiger partial charge in [-0.05, 0) is 37.5 Å². The summed E-state index contributed by atoms with van der Waals surface area (Å²) in [7, 11) is 1.48. The highest BCUT2D eigenvalue weighted by atomic mass is 32.1. The van der Waals surface area contributed by atoms with Gasteiger partial charge in [0.2, 0.25) is 11.8 Å². The molecular weight excluding hydrogens is 618 g/mol. The van der Waals surface area contributed by atoms with Crippen LogP contribution in [0.1, 0.15) is 31.1 Å². The smallest absolute Gasteiger partial charge is 0.279 e. The maximum atomic E-state index is 15.3. The first-order chi connectivity index (χ1) is 22.4. The van der Waals surface area contributed by atoms with Gasteiger partial charge in [0, 0.05) is 54.5 Å². The molecule has 0 spiro atoms. The van der Waals surface area contributed by atoms with Gasteiger partial charge in [0.25, 0.3) is 11.1 Å². The van der Waals surface area contributed by atoms with Crippen molar-refractivity contribution >= 4 is 45.3 Å². The minimum absolute atomic E-state index is 0.146. The lowest BCUT2D eigenvalue weighted by atomic mass is 10.1. The Bertz CT molecular complexity index is 1930. The van der Waals surface area contributed by atoms with Gasteiger partial charge in [0.1, 0.15) is 41.3 Å². The van der Waals surface area contributed by atoms with E-state index in [4.69, 9.17) is 13.9 Å². The topological polar surface area (TPSA) is 140 Å². The summed E-state index contributed by atoms with van der Waals surface area (Å²) in [5.41, 5.74) is 1.54. The summed E-state index contributed by atoms with van der Waals surface area (Å²) in [6.45, 7) is 1.51. The van der Waals surface area contributed by atoms with Crippen LogP contribution in [0.25, 0.3) is 22.5 Å². The van der Waals surface area contributed by atoms with E-state index in [1.165, 1.54) is 43.0 Å². The molecule has 4 heterocycles. The number of ether oxygens (including phenoxy) is 2. The molecule has 1 amide bonds. The average Bonchev–Trinajstić information content (AvgIpc) is 3.38. The number of rotatable bonds is 11. The van der Waals surface area contributed by atoms with Crippen molar-refractivity contribution in [3.63, 3.8) is 0 Å². The van der Waals surface area contributed by atoms with E-state index in [0.717, 1.165) is 12.8 Å². The van der Waals surface area contributed by atoms with Crippen molar-refractivity contribution in [2.24, 2.45) is 0 Å². The van der Waals surface area contributed by atoms with Crippen LogP contribution in [0.3, 0.4) is 0 Å². The monoisotopic (exact) mass is 646 g/mol. The number of alkyl halides is 1. The summed E-state index contributed by atoms with van der Waals surface area (Å²) in [5.74, 6) is 1.26. The first-order valence-electron chi connectivity index (χ1n) is 14.6. The molecular formula is C31H28F2N8O4S. The third kappa shape index (κ3) is 6.65. The molecule has 2 aromatic carbocycles. The largest absolute Gasteiger partial charge is 0.494 e. The Labute approximate surface area is 265 Å². The SMILES string of the molecule is COc1cc2ncnc(Nc3ccc(Oc4nc(-c5nnc(C6CC6)o5)cs4)cc3F)c2cc1NC(=O)/C=C/CN1CC[C@@H](F)C1. The highest BCUT2D eigenvalue weighted by Gasteiger charge is 2.30. The molecule has 0 bridgehead atoms. The molecule has 2 aliphatic rings. The molecule has 1 aliphatic carbocycles. The maximum absolute atomic E-state index is 15.3. The normalized spacial score (nSPS) is 16.7.